The van der Waals surface area contributed by atoms with Gasteiger partial charge in [-0.05, 0) is 13.0 Å². The first-order valence-electron chi connectivity index (χ1n) is 7.17. The second-order valence-electron chi connectivity index (χ2n) is 4.94. The molecule has 1 aromatic heterocycles. The van der Waals surface area contributed by atoms with E-state index in [1.165, 1.54) is 6.07 Å². The first-order valence-corrected chi connectivity index (χ1v) is 7.17. The van der Waals surface area contributed by atoms with Crippen LogP contribution in [-0.4, -0.2) is 71.7 Å². The molecule has 116 valence electrons. The summed E-state index contributed by atoms with van der Waals surface area (Å²) in [5.41, 5.74) is 0.271. The van der Waals surface area contributed by atoms with Crippen LogP contribution < -0.4 is 5.32 Å². The summed E-state index contributed by atoms with van der Waals surface area (Å²) in [6.07, 6.45) is 1.11. The standard InChI is InChI=1S/C14H21FN4O2/c1-2-16-13-12(9-11(15)10-17-13)14(21)19-5-3-18(4-6-19)7-8-20/h9-10,20H,2-8H2,1H3,(H,16,17). The Morgan fingerprint density at radius 1 is 1.43 bits per heavy atom. The lowest BCUT2D eigenvalue weighted by molar-refractivity contribution is 0.0615. The highest BCUT2D eigenvalue weighted by Crippen LogP contribution is 2.17. The minimum atomic E-state index is -0.515. The van der Waals surface area contributed by atoms with Crippen molar-refractivity contribution in [3.8, 4) is 0 Å². The molecule has 2 heterocycles. The lowest BCUT2D eigenvalue weighted by atomic mass is 10.2. The third kappa shape index (κ3) is 3.89. The zero-order chi connectivity index (χ0) is 15.2. The van der Waals surface area contributed by atoms with E-state index in [1.54, 1.807) is 4.90 Å². The van der Waals surface area contributed by atoms with Crippen molar-refractivity contribution in [2.24, 2.45) is 0 Å². The van der Waals surface area contributed by atoms with Crippen molar-refractivity contribution in [2.75, 3.05) is 51.2 Å². The van der Waals surface area contributed by atoms with Gasteiger partial charge in [0.1, 0.15) is 11.6 Å². The van der Waals surface area contributed by atoms with Crippen molar-refractivity contribution in [1.29, 1.82) is 0 Å². The first kappa shape index (κ1) is 15.7. The monoisotopic (exact) mass is 296 g/mol. The van der Waals surface area contributed by atoms with E-state index in [-0.39, 0.29) is 18.1 Å². The number of nitrogens with one attached hydrogen (secondary N) is 1. The number of carbonyl (C=O) groups excluding carboxylic acids is 1. The topological polar surface area (TPSA) is 68.7 Å². The largest absolute Gasteiger partial charge is 0.395 e. The number of hydrogen-bond donors (Lipinski definition) is 2. The Balaban J connectivity index is 2.08. The molecule has 0 radical (unpaired) electrons. The number of β-amino-alcohol motifs (C(OH)–C–C–N with tert-alkyl or cyclic N) is 1. The van der Waals surface area contributed by atoms with Gasteiger partial charge in [0, 0.05) is 39.3 Å². The number of amides is 1. The summed E-state index contributed by atoms with van der Waals surface area (Å²) in [6.45, 7) is 5.81. The number of carbonyl (C=O) groups is 1. The number of aliphatic hydroxyl groups is 1. The minimum absolute atomic E-state index is 0.117. The number of rotatable bonds is 5. The number of aromatic nitrogens is 1. The summed E-state index contributed by atoms with van der Waals surface area (Å²) in [5, 5.41) is 11.9. The molecule has 1 aliphatic rings. The van der Waals surface area contributed by atoms with Crippen LogP contribution in [-0.2, 0) is 0 Å². The van der Waals surface area contributed by atoms with E-state index < -0.39 is 5.82 Å². The lowest BCUT2D eigenvalue weighted by Gasteiger charge is -2.34. The molecule has 0 aromatic carbocycles. The fraction of sp³-hybridized carbons (Fsp3) is 0.571. The van der Waals surface area contributed by atoms with Crippen LogP contribution in [0.5, 0.6) is 0 Å². The molecule has 0 spiro atoms. The minimum Gasteiger partial charge on any atom is -0.395 e. The summed E-state index contributed by atoms with van der Waals surface area (Å²) in [7, 11) is 0. The molecule has 0 atom stereocenters. The van der Waals surface area contributed by atoms with E-state index in [0.717, 1.165) is 6.20 Å². The highest BCUT2D eigenvalue weighted by Gasteiger charge is 2.24. The fourth-order valence-corrected chi connectivity index (χ4v) is 2.40. The van der Waals surface area contributed by atoms with Crippen molar-refractivity contribution >= 4 is 11.7 Å². The van der Waals surface area contributed by atoms with Crippen molar-refractivity contribution < 1.29 is 14.3 Å². The van der Waals surface area contributed by atoms with Crippen molar-refractivity contribution in [1.82, 2.24) is 14.8 Å². The summed E-state index contributed by atoms with van der Waals surface area (Å²) >= 11 is 0. The van der Waals surface area contributed by atoms with Crippen molar-refractivity contribution in [3.63, 3.8) is 0 Å². The molecule has 7 heteroatoms. The number of halogens is 1. The van der Waals surface area contributed by atoms with Crippen molar-refractivity contribution in [2.45, 2.75) is 6.92 Å². The van der Waals surface area contributed by atoms with E-state index in [1.807, 2.05) is 6.92 Å². The van der Waals surface area contributed by atoms with Gasteiger partial charge in [0.15, 0.2) is 0 Å². The van der Waals surface area contributed by atoms with Gasteiger partial charge in [0.2, 0.25) is 0 Å². The van der Waals surface area contributed by atoms with Crippen LogP contribution >= 0.6 is 0 Å². The number of pyridine rings is 1. The quantitative estimate of drug-likeness (QED) is 0.823. The average Bonchev–Trinajstić information content (AvgIpc) is 2.50. The van der Waals surface area contributed by atoms with Crippen LogP contribution in [0.2, 0.25) is 0 Å². The number of anilines is 1. The number of hydrogen-bond acceptors (Lipinski definition) is 5. The molecule has 1 amide bonds. The summed E-state index contributed by atoms with van der Waals surface area (Å²) in [4.78, 5) is 20.3. The molecular formula is C14H21FN4O2. The van der Waals surface area contributed by atoms with Gasteiger partial charge < -0.3 is 15.3 Å². The molecule has 21 heavy (non-hydrogen) atoms. The van der Waals surface area contributed by atoms with E-state index in [9.17, 15) is 9.18 Å². The van der Waals surface area contributed by atoms with Gasteiger partial charge >= 0.3 is 0 Å². The van der Waals surface area contributed by atoms with Crippen LogP contribution in [0.25, 0.3) is 0 Å². The molecular weight excluding hydrogens is 275 g/mol. The first-order chi connectivity index (χ1) is 10.2. The molecule has 2 rings (SSSR count). The van der Waals surface area contributed by atoms with Crippen LogP contribution in [0, 0.1) is 5.82 Å². The van der Waals surface area contributed by atoms with Gasteiger partial charge in [-0.3, -0.25) is 9.69 Å². The zero-order valence-corrected chi connectivity index (χ0v) is 12.2. The SMILES string of the molecule is CCNc1ncc(F)cc1C(=O)N1CCN(CCO)CC1. The van der Waals surface area contributed by atoms with Gasteiger partial charge in [-0.25, -0.2) is 9.37 Å². The molecule has 0 unspecified atom stereocenters. The molecule has 1 fully saturated rings. The average molecular weight is 296 g/mol. The molecule has 0 aliphatic carbocycles. The predicted molar refractivity (Wildman–Crippen MR) is 77.8 cm³/mol. The van der Waals surface area contributed by atoms with Crippen LogP contribution in [0.15, 0.2) is 12.3 Å². The van der Waals surface area contributed by atoms with Crippen LogP contribution in [0.1, 0.15) is 17.3 Å². The van der Waals surface area contributed by atoms with Gasteiger partial charge in [-0.1, -0.05) is 0 Å². The number of aliphatic hydroxyl groups excluding tert-OH is 1. The van der Waals surface area contributed by atoms with Gasteiger partial charge in [-0.2, -0.15) is 0 Å². The fourth-order valence-electron chi connectivity index (χ4n) is 2.40. The van der Waals surface area contributed by atoms with Crippen molar-refractivity contribution in [3.05, 3.63) is 23.6 Å². The third-order valence-corrected chi connectivity index (χ3v) is 3.50. The molecule has 6 nitrogen and oxygen atoms in total. The Labute approximate surface area is 123 Å². The summed E-state index contributed by atoms with van der Waals surface area (Å²) in [6, 6.07) is 1.23. The molecule has 0 bridgehead atoms. The molecule has 1 aromatic rings. The maximum atomic E-state index is 13.4. The van der Waals surface area contributed by atoms with E-state index in [0.29, 0.717) is 45.1 Å². The van der Waals surface area contributed by atoms with Crippen LogP contribution in [0.4, 0.5) is 10.2 Å². The second-order valence-corrected chi connectivity index (χ2v) is 4.94. The Hall–Kier alpha value is -1.73. The maximum Gasteiger partial charge on any atom is 0.257 e. The Kier molecular flexibility index (Phi) is 5.46. The Morgan fingerprint density at radius 2 is 2.14 bits per heavy atom. The Bertz CT molecular complexity index is 490. The maximum absolute atomic E-state index is 13.4. The Morgan fingerprint density at radius 3 is 2.76 bits per heavy atom. The van der Waals surface area contributed by atoms with Gasteiger partial charge in [0.25, 0.3) is 5.91 Å². The zero-order valence-electron chi connectivity index (χ0n) is 12.2. The molecule has 2 N–H and O–H groups in total. The number of nitrogens with zero attached hydrogens (tertiary/aromatic N) is 3. The molecule has 1 aliphatic heterocycles. The highest BCUT2D eigenvalue weighted by molar-refractivity contribution is 5.98. The van der Waals surface area contributed by atoms with E-state index in [2.05, 4.69) is 15.2 Å². The summed E-state index contributed by atoms with van der Waals surface area (Å²) in [5.74, 6) is -0.304. The summed E-state index contributed by atoms with van der Waals surface area (Å²) < 4.78 is 13.4. The number of piperazine rings is 1. The van der Waals surface area contributed by atoms with E-state index >= 15 is 0 Å². The predicted octanol–water partition coefficient (Wildman–Crippen LogP) is 0.403. The van der Waals surface area contributed by atoms with Gasteiger partial charge in [-0.15, -0.1) is 0 Å². The van der Waals surface area contributed by atoms with Crippen LogP contribution in [0.3, 0.4) is 0 Å². The highest BCUT2D eigenvalue weighted by atomic mass is 19.1. The second kappa shape index (κ2) is 7.33. The molecule has 1 saturated heterocycles. The lowest BCUT2D eigenvalue weighted by Crippen LogP contribution is -2.49. The smallest absolute Gasteiger partial charge is 0.257 e. The third-order valence-electron chi connectivity index (χ3n) is 3.50. The van der Waals surface area contributed by atoms with E-state index in [4.69, 9.17) is 5.11 Å². The molecule has 0 saturated carbocycles. The van der Waals surface area contributed by atoms with Gasteiger partial charge in [0.05, 0.1) is 18.4 Å². The normalized spacial score (nSPS) is 16.0.